The molecule has 2 rings (SSSR count). The summed E-state index contributed by atoms with van der Waals surface area (Å²) < 4.78 is 60.2. The zero-order chi connectivity index (χ0) is 18.1. The van der Waals surface area contributed by atoms with Gasteiger partial charge in [0.25, 0.3) is 5.91 Å². The van der Waals surface area contributed by atoms with Crippen LogP contribution in [-0.2, 0) is 16.2 Å². The molecule has 5 nitrogen and oxygen atoms in total. The molecule has 0 aromatic heterocycles. The van der Waals surface area contributed by atoms with Gasteiger partial charge >= 0.3 is 6.18 Å². The van der Waals surface area contributed by atoms with Crippen LogP contribution in [0.25, 0.3) is 0 Å². The van der Waals surface area contributed by atoms with Crippen LogP contribution in [-0.4, -0.2) is 14.3 Å². The van der Waals surface area contributed by atoms with E-state index in [1.54, 1.807) is 6.92 Å². The monoisotopic (exact) mass is 358 g/mol. The summed E-state index contributed by atoms with van der Waals surface area (Å²) >= 11 is 0. The second-order valence-corrected chi connectivity index (χ2v) is 6.61. The molecule has 0 aliphatic carbocycles. The van der Waals surface area contributed by atoms with Gasteiger partial charge in [-0.15, -0.1) is 0 Å². The smallest absolute Gasteiger partial charge is 0.322 e. The summed E-state index contributed by atoms with van der Waals surface area (Å²) in [5.74, 6) is -0.655. The van der Waals surface area contributed by atoms with Crippen molar-refractivity contribution in [2.45, 2.75) is 18.0 Å². The highest BCUT2D eigenvalue weighted by Gasteiger charge is 2.30. The van der Waals surface area contributed by atoms with Crippen LogP contribution in [0.3, 0.4) is 0 Å². The van der Waals surface area contributed by atoms with Gasteiger partial charge in [-0.1, -0.05) is 6.07 Å². The first-order valence-electron chi connectivity index (χ1n) is 6.60. The number of hydrogen-bond donors (Lipinski definition) is 2. The Labute approximate surface area is 136 Å². The molecule has 0 unspecified atom stereocenters. The molecule has 2 aromatic carbocycles. The summed E-state index contributed by atoms with van der Waals surface area (Å²) in [6.07, 6.45) is -4.47. The Morgan fingerprint density at radius 1 is 1.08 bits per heavy atom. The van der Waals surface area contributed by atoms with E-state index in [9.17, 15) is 26.4 Å². The Balaban J connectivity index is 2.27. The Hall–Kier alpha value is -2.39. The van der Waals surface area contributed by atoms with Gasteiger partial charge in [0.05, 0.1) is 10.5 Å². The molecule has 3 N–H and O–H groups in total. The molecule has 2 aromatic rings. The summed E-state index contributed by atoms with van der Waals surface area (Å²) in [6, 6.07) is 7.69. The lowest BCUT2D eigenvalue weighted by Gasteiger charge is -2.11. The Kier molecular flexibility index (Phi) is 4.68. The molecular formula is C15H13F3N2O3S. The summed E-state index contributed by atoms with van der Waals surface area (Å²) in [4.78, 5) is 12.0. The number of sulfonamides is 1. The third-order valence-corrected chi connectivity index (χ3v) is 4.16. The zero-order valence-corrected chi connectivity index (χ0v) is 13.2. The van der Waals surface area contributed by atoms with Crippen LogP contribution in [0, 0.1) is 6.92 Å². The molecule has 0 aliphatic heterocycles. The first-order valence-corrected chi connectivity index (χ1v) is 8.15. The molecular weight excluding hydrogens is 345 g/mol. The Morgan fingerprint density at radius 2 is 1.67 bits per heavy atom. The van der Waals surface area contributed by atoms with E-state index < -0.39 is 27.7 Å². The minimum atomic E-state index is -4.47. The van der Waals surface area contributed by atoms with Crippen molar-refractivity contribution in [1.29, 1.82) is 0 Å². The molecule has 128 valence electrons. The molecule has 0 aliphatic rings. The fourth-order valence-electron chi connectivity index (χ4n) is 1.96. The van der Waals surface area contributed by atoms with Gasteiger partial charge < -0.3 is 5.32 Å². The molecule has 0 radical (unpaired) electrons. The zero-order valence-electron chi connectivity index (χ0n) is 12.4. The van der Waals surface area contributed by atoms with Crippen LogP contribution in [0.15, 0.2) is 47.4 Å². The van der Waals surface area contributed by atoms with E-state index in [-0.39, 0.29) is 16.1 Å². The van der Waals surface area contributed by atoms with E-state index in [1.165, 1.54) is 12.1 Å². The highest BCUT2D eigenvalue weighted by Crippen LogP contribution is 2.30. The lowest BCUT2D eigenvalue weighted by molar-refractivity contribution is -0.137. The first kappa shape index (κ1) is 18.0. The number of nitrogens with one attached hydrogen (secondary N) is 1. The van der Waals surface area contributed by atoms with Gasteiger partial charge in [-0.3, -0.25) is 4.79 Å². The number of carbonyl (C=O) groups is 1. The molecule has 24 heavy (non-hydrogen) atoms. The van der Waals surface area contributed by atoms with Crippen molar-refractivity contribution >= 4 is 21.6 Å². The van der Waals surface area contributed by atoms with Crippen LogP contribution in [0.1, 0.15) is 21.5 Å². The molecule has 0 saturated heterocycles. The average Bonchev–Trinajstić information content (AvgIpc) is 2.46. The summed E-state index contributed by atoms with van der Waals surface area (Å²) in [5.41, 5.74) is -0.144. The first-order chi connectivity index (χ1) is 11.0. The molecule has 1 amide bonds. The Morgan fingerprint density at radius 3 is 2.17 bits per heavy atom. The molecule has 0 heterocycles. The van der Waals surface area contributed by atoms with Gasteiger partial charge in [-0.05, 0) is 48.9 Å². The quantitative estimate of drug-likeness (QED) is 0.884. The van der Waals surface area contributed by atoms with Crippen molar-refractivity contribution in [1.82, 2.24) is 0 Å². The van der Waals surface area contributed by atoms with Crippen LogP contribution in [0.5, 0.6) is 0 Å². The van der Waals surface area contributed by atoms with E-state index in [2.05, 4.69) is 5.32 Å². The standard InChI is InChI=1S/C15H13F3N2O3S/c1-9-2-7-12(24(19,22)23)8-13(9)14(21)20-11-5-3-10(4-6-11)15(16,17)18/h2-8H,1H3,(H,20,21)(H2,19,22,23). The minimum absolute atomic E-state index is 0.0569. The van der Waals surface area contributed by atoms with Gasteiger partial charge in [-0.25, -0.2) is 13.6 Å². The average molecular weight is 358 g/mol. The summed E-state index contributed by atoms with van der Waals surface area (Å²) in [7, 11) is -3.98. The van der Waals surface area contributed by atoms with Crippen LogP contribution in [0.4, 0.5) is 18.9 Å². The van der Waals surface area contributed by atoms with E-state index in [0.717, 1.165) is 30.3 Å². The second-order valence-electron chi connectivity index (χ2n) is 5.05. The molecule has 0 atom stereocenters. The number of nitrogens with two attached hydrogens (primary N) is 1. The highest BCUT2D eigenvalue weighted by atomic mass is 32.2. The van der Waals surface area contributed by atoms with Gasteiger partial charge in [-0.2, -0.15) is 13.2 Å². The third kappa shape index (κ3) is 4.12. The summed E-state index contributed by atoms with van der Waals surface area (Å²) in [5, 5.41) is 7.43. The maximum absolute atomic E-state index is 12.5. The number of primary sulfonamides is 1. The fourth-order valence-corrected chi connectivity index (χ4v) is 2.50. The molecule has 9 heteroatoms. The van der Waals surface area contributed by atoms with Crippen molar-refractivity contribution in [3.63, 3.8) is 0 Å². The number of rotatable bonds is 3. The third-order valence-electron chi connectivity index (χ3n) is 3.25. The number of alkyl halides is 3. The minimum Gasteiger partial charge on any atom is -0.322 e. The predicted octanol–water partition coefficient (Wildman–Crippen LogP) is 2.91. The van der Waals surface area contributed by atoms with E-state index >= 15 is 0 Å². The Bertz CT molecular complexity index is 876. The number of aryl methyl sites for hydroxylation is 1. The normalized spacial score (nSPS) is 12.0. The predicted molar refractivity (Wildman–Crippen MR) is 81.9 cm³/mol. The van der Waals surface area contributed by atoms with Gasteiger partial charge in [0.1, 0.15) is 0 Å². The van der Waals surface area contributed by atoms with E-state index in [1.807, 2.05) is 0 Å². The SMILES string of the molecule is Cc1ccc(S(N)(=O)=O)cc1C(=O)Nc1ccc(C(F)(F)F)cc1. The number of amides is 1. The number of anilines is 1. The topological polar surface area (TPSA) is 89.3 Å². The van der Waals surface area contributed by atoms with Crippen molar-refractivity contribution in [3.05, 3.63) is 59.2 Å². The van der Waals surface area contributed by atoms with Crippen molar-refractivity contribution < 1.29 is 26.4 Å². The van der Waals surface area contributed by atoms with Gasteiger partial charge in [0.2, 0.25) is 10.0 Å². The van der Waals surface area contributed by atoms with Crippen molar-refractivity contribution in [3.8, 4) is 0 Å². The van der Waals surface area contributed by atoms with Crippen molar-refractivity contribution in [2.75, 3.05) is 5.32 Å². The second kappa shape index (κ2) is 6.25. The van der Waals surface area contributed by atoms with E-state index in [0.29, 0.717) is 5.56 Å². The van der Waals surface area contributed by atoms with E-state index in [4.69, 9.17) is 5.14 Å². The fraction of sp³-hybridized carbons (Fsp3) is 0.133. The summed E-state index contributed by atoms with van der Waals surface area (Å²) in [6.45, 7) is 1.59. The maximum atomic E-state index is 12.5. The number of benzene rings is 2. The van der Waals surface area contributed by atoms with Gasteiger partial charge in [0, 0.05) is 11.3 Å². The molecule has 0 saturated carbocycles. The van der Waals surface area contributed by atoms with Crippen LogP contribution >= 0.6 is 0 Å². The van der Waals surface area contributed by atoms with Crippen LogP contribution in [0.2, 0.25) is 0 Å². The largest absolute Gasteiger partial charge is 0.416 e. The van der Waals surface area contributed by atoms with Crippen molar-refractivity contribution in [2.24, 2.45) is 5.14 Å². The molecule has 0 spiro atoms. The highest BCUT2D eigenvalue weighted by molar-refractivity contribution is 7.89. The van der Waals surface area contributed by atoms with Crippen LogP contribution < -0.4 is 10.5 Å². The molecule has 0 bridgehead atoms. The lowest BCUT2D eigenvalue weighted by Crippen LogP contribution is -2.17. The van der Waals surface area contributed by atoms with Gasteiger partial charge in [0.15, 0.2) is 0 Å². The maximum Gasteiger partial charge on any atom is 0.416 e. The number of halogens is 3. The lowest BCUT2D eigenvalue weighted by atomic mass is 10.1. The number of hydrogen-bond acceptors (Lipinski definition) is 3. The number of carbonyl (C=O) groups excluding carboxylic acids is 1. The molecule has 0 fully saturated rings.